The minimum Gasteiger partial charge on any atom is -0.832 e. The van der Waals surface area contributed by atoms with Gasteiger partial charge in [0.1, 0.15) is 0 Å². The maximum Gasteiger partial charge on any atom is 1.00 e. The Morgan fingerprint density at radius 3 is 1.50 bits per heavy atom. The van der Waals surface area contributed by atoms with Crippen molar-refractivity contribution in [1.82, 2.24) is 6.15 Å². The maximum atomic E-state index is 9.00. The first-order valence-corrected chi connectivity index (χ1v) is 1.68. The minimum atomic E-state index is -2.42. The molecule has 0 aliphatic heterocycles. The topological polar surface area (TPSA) is 136 Å². The second-order valence-corrected chi connectivity index (χ2v) is 0.845. The zero-order chi connectivity index (χ0) is 7.15. The van der Waals surface area contributed by atoms with Gasteiger partial charge in [-0.3, -0.25) is 4.79 Å². The molecule has 0 aliphatic carbocycles. The molecule has 0 heterocycles. The summed E-state index contributed by atoms with van der Waals surface area (Å²) in [7, 11) is -2.42. The van der Waals surface area contributed by atoms with Gasteiger partial charge >= 0.3 is 36.9 Å². The van der Waals surface area contributed by atoms with Crippen molar-refractivity contribution in [3.8, 4) is 0 Å². The molecule has 10 heavy (non-hydrogen) atoms. The number of carboxylic acid groups (broad SMARTS) is 1. The van der Waals surface area contributed by atoms with Crippen LogP contribution < -0.4 is 40.7 Å². The van der Waals surface area contributed by atoms with E-state index in [1.165, 1.54) is 0 Å². The SMILES string of the molecule is CC(=O)O.N.[Na+].[O-]B(O)O. The van der Waals surface area contributed by atoms with Crippen molar-refractivity contribution in [2.75, 3.05) is 0 Å². The number of aliphatic carboxylic acids is 1. The van der Waals surface area contributed by atoms with Gasteiger partial charge in [-0.05, 0) is 0 Å². The van der Waals surface area contributed by atoms with E-state index in [1.54, 1.807) is 0 Å². The van der Waals surface area contributed by atoms with Crippen molar-refractivity contribution in [1.29, 1.82) is 0 Å². The molecule has 0 rings (SSSR count). The second-order valence-electron chi connectivity index (χ2n) is 0.845. The van der Waals surface area contributed by atoms with Gasteiger partial charge in [-0.15, -0.1) is 0 Å². The minimum absolute atomic E-state index is 0. The summed E-state index contributed by atoms with van der Waals surface area (Å²) in [5.41, 5.74) is 0. The molecule has 0 bridgehead atoms. The van der Waals surface area contributed by atoms with Gasteiger partial charge in [0.25, 0.3) is 5.97 Å². The zero-order valence-corrected chi connectivity index (χ0v) is 7.94. The number of hydrogen-bond donors (Lipinski definition) is 4. The predicted molar refractivity (Wildman–Crippen MR) is 28.5 cm³/mol. The van der Waals surface area contributed by atoms with Crippen molar-refractivity contribution in [2.45, 2.75) is 6.92 Å². The Kier molecular flexibility index (Phi) is 36.3. The monoisotopic (exact) mass is 161 g/mol. The molecule has 6 N–H and O–H groups in total. The third-order valence-corrected chi connectivity index (χ3v) is 0. The summed E-state index contributed by atoms with van der Waals surface area (Å²) in [6.45, 7) is 1.08. The van der Waals surface area contributed by atoms with E-state index in [-0.39, 0.29) is 35.7 Å². The fraction of sp³-hybridized carbons (Fsp3) is 0.500. The van der Waals surface area contributed by atoms with Crippen LogP contribution in [0.1, 0.15) is 6.92 Å². The molecule has 0 saturated heterocycles. The second kappa shape index (κ2) is 16.2. The summed E-state index contributed by atoms with van der Waals surface area (Å²) in [5, 5.41) is 30.2. The van der Waals surface area contributed by atoms with Crippen LogP contribution in [0, 0.1) is 0 Å². The van der Waals surface area contributed by atoms with Crippen LogP contribution in [0.2, 0.25) is 0 Å². The van der Waals surface area contributed by atoms with Gasteiger partial charge in [0.15, 0.2) is 0 Å². The Morgan fingerprint density at radius 2 is 1.50 bits per heavy atom. The average molecular weight is 161 g/mol. The van der Waals surface area contributed by atoms with E-state index in [2.05, 4.69) is 0 Å². The van der Waals surface area contributed by atoms with Crippen molar-refractivity contribution < 1.29 is 54.5 Å². The van der Waals surface area contributed by atoms with E-state index < -0.39 is 13.3 Å². The molecule has 0 aromatic heterocycles. The first-order valence-electron chi connectivity index (χ1n) is 1.68. The van der Waals surface area contributed by atoms with Gasteiger partial charge in [0.05, 0.1) is 0 Å². The van der Waals surface area contributed by atoms with Gasteiger partial charge in [0.2, 0.25) is 0 Å². The Balaban J connectivity index is -0.0000000300. The quantitative estimate of drug-likeness (QED) is 0.261. The smallest absolute Gasteiger partial charge is 0.832 e. The van der Waals surface area contributed by atoms with Gasteiger partial charge in [0, 0.05) is 6.92 Å². The van der Waals surface area contributed by atoms with Crippen LogP contribution in [-0.4, -0.2) is 28.4 Å². The summed E-state index contributed by atoms with van der Waals surface area (Å²) in [5.74, 6) is -0.833. The first-order chi connectivity index (χ1) is 3.46. The Morgan fingerprint density at radius 1 is 1.50 bits per heavy atom. The molecule has 6 nitrogen and oxygen atoms in total. The fourth-order valence-corrected chi connectivity index (χ4v) is 0. The van der Waals surface area contributed by atoms with Gasteiger partial charge in [-0.2, -0.15) is 0 Å². The number of carbonyl (C=O) groups is 1. The van der Waals surface area contributed by atoms with Crippen LogP contribution in [0.4, 0.5) is 0 Å². The third-order valence-electron chi connectivity index (χ3n) is 0. The molecule has 8 heteroatoms. The van der Waals surface area contributed by atoms with E-state index >= 15 is 0 Å². The maximum absolute atomic E-state index is 9.00. The summed E-state index contributed by atoms with van der Waals surface area (Å²) in [6, 6.07) is 0. The Hall–Kier alpha value is 0.375. The summed E-state index contributed by atoms with van der Waals surface area (Å²) >= 11 is 0. The molecular formula is C2H9BNNaO5. The van der Waals surface area contributed by atoms with E-state index in [0.717, 1.165) is 6.92 Å². The molecule has 0 aliphatic rings. The molecule has 0 atom stereocenters. The van der Waals surface area contributed by atoms with Crippen molar-refractivity contribution in [2.24, 2.45) is 0 Å². The standard InChI is InChI=1S/C2H4O2.BH2O3.H3N.Na/c1-2(3)4;2-1(3)4;;/h1H3,(H,3,4);2-3H;1H3;/q;-1;;+1. The van der Waals surface area contributed by atoms with Gasteiger partial charge < -0.3 is 26.3 Å². The van der Waals surface area contributed by atoms with Gasteiger partial charge in [-0.1, -0.05) is 0 Å². The Labute approximate surface area is 80.9 Å². The molecule has 0 aromatic rings. The van der Waals surface area contributed by atoms with Gasteiger partial charge in [-0.25, -0.2) is 0 Å². The van der Waals surface area contributed by atoms with Crippen LogP contribution in [0.5, 0.6) is 0 Å². The molecule has 0 saturated carbocycles. The summed E-state index contributed by atoms with van der Waals surface area (Å²) in [4.78, 5) is 9.00. The van der Waals surface area contributed by atoms with E-state index in [0.29, 0.717) is 0 Å². The number of rotatable bonds is 0. The first kappa shape index (κ1) is 22.4. The van der Waals surface area contributed by atoms with Crippen LogP contribution in [0.25, 0.3) is 0 Å². The van der Waals surface area contributed by atoms with Crippen LogP contribution in [0.15, 0.2) is 0 Å². The number of carboxylic acids is 1. The number of hydrogen-bond acceptors (Lipinski definition) is 5. The molecule has 0 unspecified atom stereocenters. The van der Waals surface area contributed by atoms with Crippen molar-refractivity contribution in [3.63, 3.8) is 0 Å². The van der Waals surface area contributed by atoms with Crippen LogP contribution in [0.3, 0.4) is 0 Å². The zero-order valence-electron chi connectivity index (χ0n) is 5.94. The molecule has 0 aromatic carbocycles. The van der Waals surface area contributed by atoms with Crippen molar-refractivity contribution in [3.05, 3.63) is 0 Å². The Bertz CT molecular complexity index is 63.9. The third kappa shape index (κ3) is 3240. The molecule has 0 radical (unpaired) electrons. The van der Waals surface area contributed by atoms with E-state index in [9.17, 15) is 0 Å². The normalized spacial score (nSPS) is 5.20. The summed E-state index contributed by atoms with van der Waals surface area (Å²) < 4.78 is 0. The average Bonchev–Trinajstić information content (AvgIpc) is 1.25. The molecule has 56 valence electrons. The van der Waals surface area contributed by atoms with Crippen LogP contribution >= 0.6 is 0 Å². The van der Waals surface area contributed by atoms with E-state index in [1.807, 2.05) is 0 Å². The largest absolute Gasteiger partial charge is 1.00 e. The fourth-order valence-electron chi connectivity index (χ4n) is 0. The van der Waals surface area contributed by atoms with Crippen LogP contribution in [-0.2, 0) is 4.79 Å². The molecule has 0 spiro atoms. The van der Waals surface area contributed by atoms with Crippen molar-refractivity contribution >= 4 is 13.3 Å². The molecule has 0 amide bonds. The predicted octanol–water partition coefficient (Wildman–Crippen LogP) is -5.43. The van der Waals surface area contributed by atoms with E-state index in [4.69, 9.17) is 25.0 Å². The molecular weight excluding hydrogens is 152 g/mol. The molecule has 0 fully saturated rings. The summed E-state index contributed by atoms with van der Waals surface area (Å²) in [6.07, 6.45) is 0.